The molecule has 293 valence electrons. The molecular formula is C51H48IrN4OSi-2. The molecule has 0 N–H and O–H groups in total. The zero-order valence-electron chi connectivity index (χ0n) is 34.4. The van der Waals surface area contributed by atoms with Crippen LogP contribution in [0.15, 0.2) is 138 Å². The van der Waals surface area contributed by atoms with Gasteiger partial charge in [-0.3, -0.25) is 4.98 Å². The Morgan fingerprint density at radius 2 is 1.38 bits per heavy atom. The van der Waals surface area contributed by atoms with Gasteiger partial charge in [0.1, 0.15) is 0 Å². The van der Waals surface area contributed by atoms with Crippen molar-refractivity contribution < 1.29 is 24.5 Å². The van der Waals surface area contributed by atoms with Crippen LogP contribution >= 0.6 is 0 Å². The van der Waals surface area contributed by atoms with Gasteiger partial charge in [-0.2, -0.15) is 0 Å². The Morgan fingerprint density at radius 3 is 2.03 bits per heavy atom. The SMILES string of the molecule is CC(C)c1cc(-c2ccccc2)cc(C(C)C)c1-n1c(-c2[c-]cccc2)nc2ccccc21.Cc1ccc2c(n1)oc1c[c-]c(-c3ccc([Si](C)(C)C)cn3)cc12.[Ir]. The maximum Gasteiger partial charge on any atom is 0.216 e. The van der Waals surface area contributed by atoms with E-state index in [1.165, 1.54) is 33.1 Å². The van der Waals surface area contributed by atoms with E-state index in [1.54, 1.807) is 0 Å². The van der Waals surface area contributed by atoms with Gasteiger partial charge in [0.25, 0.3) is 0 Å². The summed E-state index contributed by atoms with van der Waals surface area (Å²) in [5, 5.41) is 3.45. The van der Waals surface area contributed by atoms with E-state index in [9.17, 15) is 0 Å². The number of aromatic nitrogens is 4. The molecule has 5 aromatic carbocycles. The second-order valence-corrected chi connectivity index (χ2v) is 21.5. The number of rotatable bonds is 7. The van der Waals surface area contributed by atoms with Gasteiger partial charge in [0.15, 0.2) is 0 Å². The van der Waals surface area contributed by atoms with Gasteiger partial charge in [0.2, 0.25) is 5.71 Å². The summed E-state index contributed by atoms with van der Waals surface area (Å²) in [5.74, 6) is 1.65. The average molecular weight is 953 g/mol. The van der Waals surface area contributed by atoms with Crippen LogP contribution in [0.25, 0.3) is 72.6 Å². The standard InChI is InChI=1S/C31H29N2.C20H19N2OSi.Ir/c1-21(2)26-19-25(23-13-7-5-8-14-23)20-27(22(3)4)30(26)33-29-18-12-11-17-28(29)32-31(33)24-15-9-6-10-16-24;1-13-5-8-16-17-11-14(6-10-19(17)23-20(16)22-13)18-9-7-15(12-21-18)24(2,3)4;/h5-15,17-22H,1-4H3;5,7-12H,1-4H3;/q2*-1;. The summed E-state index contributed by atoms with van der Waals surface area (Å²) >= 11 is 0. The van der Waals surface area contributed by atoms with Crippen molar-refractivity contribution in [1.82, 2.24) is 19.5 Å². The van der Waals surface area contributed by atoms with Gasteiger partial charge in [-0.25, -0.2) is 4.98 Å². The Labute approximate surface area is 356 Å². The number of pyridine rings is 2. The van der Waals surface area contributed by atoms with E-state index in [0.717, 1.165) is 55.7 Å². The number of benzene rings is 5. The third kappa shape index (κ3) is 8.13. The fourth-order valence-electron chi connectivity index (χ4n) is 7.42. The van der Waals surface area contributed by atoms with E-state index in [1.807, 2.05) is 37.4 Å². The molecule has 4 aromatic heterocycles. The van der Waals surface area contributed by atoms with Crippen LogP contribution in [0.4, 0.5) is 0 Å². The van der Waals surface area contributed by atoms with Crippen LogP contribution in [-0.4, -0.2) is 27.6 Å². The molecule has 0 unspecified atom stereocenters. The van der Waals surface area contributed by atoms with Crippen LogP contribution in [0.5, 0.6) is 0 Å². The molecule has 0 fully saturated rings. The second-order valence-electron chi connectivity index (χ2n) is 16.4. The van der Waals surface area contributed by atoms with Crippen LogP contribution in [0, 0.1) is 19.1 Å². The number of para-hydroxylation sites is 2. The number of hydrogen-bond acceptors (Lipinski definition) is 4. The molecule has 0 aliphatic heterocycles. The van der Waals surface area contributed by atoms with Crippen molar-refractivity contribution in [2.75, 3.05) is 0 Å². The van der Waals surface area contributed by atoms with Crippen LogP contribution in [0.2, 0.25) is 19.6 Å². The third-order valence-electron chi connectivity index (χ3n) is 10.6. The second kappa shape index (κ2) is 16.8. The molecule has 0 saturated carbocycles. The largest absolute Gasteiger partial charge is 0.486 e. The van der Waals surface area contributed by atoms with E-state index in [0.29, 0.717) is 17.5 Å². The predicted molar refractivity (Wildman–Crippen MR) is 240 cm³/mol. The number of furan rings is 1. The average Bonchev–Trinajstić information content (AvgIpc) is 3.78. The quantitative estimate of drug-likeness (QED) is 0.118. The molecular weight excluding hydrogens is 905 g/mol. The van der Waals surface area contributed by atoms with Crippen molar-refractivity contribution in [2.24, 2.45) is 0 Å². The molecule has 0 spiro atoms. The van der Waals surface area contributed by atoms with E-state index in [2.05, 4.69) is 177 Å². The van der Waals surface area contributed by atoms with Crippen molar-refractivity contribution in [3.63, 3.8) is 0 Å². The molecule has 0 amide bonds. The Hall–Kier alpha value is -5.46. The van der Waals surface area contributed by atoms with Crippen LogP contribution < -0.4 is 5.19 Å². The summed E-state index contributed by atoms with van der Waals surface area (Å²) in [6.07, 6.45) is 2.01. The zero-order chi connectivity index (χ0) is 39.8. The van der Waals surface area contributed by atoms with Crippen molar-refractivity contribution >= 4 is 46.4 Å². The normalized spacial score (nSPS) is 11.6. The Kier molecular flexibility index (Phi) is 11.8. The van der Waals surface area contributed by atoms with E-state index in [-0.39, 0.29) is 20.1 Å². The first-order valence-corrected chi connectivity index (χ1v) is 23.3. The summed E-state index contributed by atoms with van der Waals surface area (Å²) < 4.78 is 8.19. The summed E-state index contributed by atoms with van der Waals surface area (Å²) in [6, 6.07) is 51.0. The molecule has 0 saturated heterocycles. The molecule has 0 bridgehead atoms. The minimum atomic E-state index is -1.33. The van der Waals surface area contributed by atoms with E-state index >= 15 is 0 Å². The topological polar surface area (TPSA) is 56.7 Å². The van der Waals surface area contributed by atoms with Gasteiger partial charge >= 0.3 is 0 Å². The van der Waals surface area contributed by atoms with Gasteiger partial charge in [0.05, 0.1) is 30.5 Å². The van der Waals surface area contributed by atoms with Crippen LogP contribution in [0.3, 0.4) is 0 Å². The van der Waals surface area contributed by atoms with Crippen LogP contribution in [-0.2, 0) is 20.1 Å². The molecule has 0 atom stereocenters. The van der Waals surface area contributed by atoms with Gasteiger partial charge in [-0.15, -0.1) is 59.7 Å². The molecule has 5 nitrogen and oxygen atoms in total. The fraction of sp³-hybridized carbons (Fsp3) is 0.196. The van der Waals surface area contributed by atoms with E-state index < -0.39 is 8.07 Å². The molecule has 4 heterocycles. The number of nitrogens with zero attached hydrogens (tertiary/aromatic N) is 4. The van der Waals surface area contributed by atoms with Crippen molar-refractivity contribution in [2.45, 2.75) is 66.1 Å². The molecule has 7 heteroatoms. The van der Waals surface area contributed by atoms with Crippen molar-refractivity contribution in [1.29, 1.82) is 0 Å². The number of aryl methyl sites for hydroxylation is 1. The maximum atomic E-state index is 5.83. The smallest absolute Gasteiger partial charge is 0.216 e. The maximum absolute atomic E-state index is 5.83. The molecule has 9 aromatic rings. The number of fused-ring (bicyclic) bond motifs is 4. The zero-order valence-corrected chi connectivity index (χ0v) is 37.8. The van der Waals surface area contributed by atoms with Gasteiger partial charge in [-0.05, 0) is 88.3 Å². The first kappa shape index (κ1) is 40.7. The summed E-state index contributed by atoms with van der Waals surface area (Å²) in [5.41, 5.74) is 13.9. The number of imidazole rings is 1. The van der Waals surface area contributed by atoms with Crippen molar-refractivity contribution in [3.05, 3.63) is 163 Å². The van der Waals surface area contributed by atoms with Crippen molar-refractivity contribution in [3.8, 4) is 39.5 Å². The Morgan fingerprint density at radius 1 is 0.672 bits per heavy atom. The molecule has 9 rings (SSSR count). The monoisotopic (exact) mass is 953 g/mol. The fourth-order valence-corrected chi connectivity index (χ4v) is 8.45. The summed E-state index contributed by atoms with van der Waals surface area (Å²) in [7, 11) is -1.33. The molecule has 0 aliphatic rings. The summed E-state index contributed by atoms with van der Waals surface area (Å²) in [6.45, 7) is 18.1. The minimum absolute atomic E-state index is 0. The molecule has 58 heavy (non-hydrogen) atoms. The Bertz CT molecular complexity index is 2810. The molecule has 1 radical (unpaired) electrons. The van der Waals surface area contributed by atoms with E-state index in [4.69, 9.17) is 9.40 Å². The van der Waals surface area contributed by atoms with Crippen LogP contribution in [0.1, 0.15) is 56.4 Å². The van der Waals surface area contributed by atoms with Gasteiger partial charge < -0.3 is 14.0 Å². The van der Waals surface area contributed by atoms with Gasteiger partial charge in [0, 0.05) is 43.1 Å². The van der Waals surface area contributed by atoms with Gasteiger partial charge in [-0.1, -0.05) is 107 Å². The summed E-state index contributed by atoms with van der Waals surface area (Å²) in [4.78, 5) is 14.2. The first-order valence-electron chi connectivity index (χ1n) is 19.8. The Balaban J connectivity index is 0.000000182. The first-order chi connectivity index (χ1) is 27.5. The third-order valence-corrected chi connectivity index (χ3v) is 12.6. The minimum Gasteiger partial charge on any atom is -0.486 e. The number of hydrogen-bond donors (Lipinski definition) is 0. The predicted octanol–water partition coefficient (Wildman–Crippen LogP) is 13.1. The molecule has 0 aliphatic carbocycles.